The first kappa shape index (κ1) is 34.4. The van der Waals surface area contributed by atoms with Crippen molar-refractivity contribution >= 4 is 23.6 Å². The number of nitrogens with zero attached hydrogens (tertiary/aromatic N) is 1. The summed E-state index contributed by atoms with van der Waals surface area (Å²) in [5.41, 5.74) is 3.43. The highest BCUT2D eigenvalue weighted by molar-refractivity contribution is 5.99. The van der Waals surface area contributed by atoms with Crippen LogP contribution in [0.5, 0.6) is 0 Å². The Morgan fingerprint density at radius 3 is 2.11 bits per heavy atom. The summed E-state index contributed by atoms with van der Waals surface area (Å²) in [5, 5.41) is 5.95. The molecule has 44 heavy (non-hydrogen) atoms. The number of rotatable bonds is 12. The number of hydrogen-bond donors (Lipinski definition) is 2. The highest BCUT2D eigenvalue weighted by Crippen LogP contribution is 2.30. The SMILES string of the molecule is Cc1cccc(C(C(=O)Nc2ccccc2C)N(C(=O)C(Cc2ccccc2)NC(=O)OC(C)(C)C)C(C)CCC(C)C)c1. The molecule has 0 radical (unpaired) electrons. The minimum absolute atomic E-state index is 0.242. The molecule has 0 aliphatic heterocycles. The number of nitrogens with one attached hydrogen (secondary N) is 2. The number of carbonyl (C=O) groups is 3. The molecule has 3 rings (SSSR count). The molecule has 7 heteroatoms. The first-order valence-corrected chi connectivity index (χ1v) is 15.5. The third-order valence-electron chi connectivity index (χ3n) is 7.45. The summed E-state index contributed by atoms with van der Waals surface area (Å²) >= 11 is 0. The van der Waals surface area contributed by atoms with Crippen molar-refractivity contribution in [3.63, 3.8) is 0 Å². The maximum atomic E-state index is 14.8. The number of benzene rings is 3. The summed E-state index contributed by atoms with van der Waals surface area (Å²) in [6.45, 7) is 15.5. The van der Waals surface area contributed by atoms with Crippen molar-refractivity contribution in [1.29, 1.82) is 0 Å². The molecule has 0 heterocycles. The zero-order valence-electron chi connectivity index (χ0n) is 27.5. The highest BCUT2D eigenvalue weighted by atomic mass is 16.6. The molecule has 3 unspecified atom stereocenters. The number of carbonyl (C=O) groups excluding carboxylic acids is 3. The lowest BCUT2D eigenvalue weighted by Crippen LogP contribution is -2.55. The molecule has 3 amide bonds. The molecule has 7 nitrogen and oxygen atoms in total. The van der Waals surface area contributed by atoms with Gasteiger partial charge in [-0.05, 0) is 83.1 Å². The van der Waals surface area contributed by atoms with E-state index in [2.05, 4.69) is 24.5 Å². The Hall–Kier alpha value is -4.13. The smallest absolute Gasteiger partial charge is 0.408 e. The van der Waals surface area contributed by atoms with Gasteiger partial charge in [0.05, 0.1) is 0 Å². The van der Waals surface area contributed by atoms with Gasteiger partial charge in [-0.3, -0.25) is 9.59 Å². The number of amides is 3. The van der Waals surface area contributed by atoms with E-state index in [0.29, 0.717) is 23.6 Å². The molecule has 236 valence electrons. The van der Waals surface area contributed by atoms with Crippen LogP contribution in [-0.2, 0) is 20.7 Å². The van der Waals surface area contributed by atoms with Gasteiger partial charge in [-0.25, -0.2) is 4.79 Å². The second-order valence-corrected chi connectivity index (χ2v) is 13.1. The van der Waals surface area contributed by atoms with Crippen LogP contribution in [0.4, 0.5) is 10.5 Å². The first-order chi connectivity index (χ1) is 20.7. The third kappa shape index (κ3) is 10.2. The molecule has 0 aromatic heterocycles. The third-order valence-corrected chi connectivity index (χ3v) is 7.45. The van der Waals surface area contributed by atoms with Gasteiger partial charge in [0.15, 0.2) is 0 Å². The van der Waals surface area contributed by atoms with Gasteiger partial charge in [0.2, 0.25) is 5.91 Å². The van der Waals surface area contributed by atoms with Gasteiger partial charge in [0.1, 0.15) is 17.7 Å². The zero-order chi connectivity index (χ0) is 32.4. The quantitative estimate of drug-likeness (QED) is 0.223. The van der Waals surface area contributed by atoms with E-state index in [1.807, 2.05) is 99.6 Å². The number of aryl methyl sites for hydroxylation is 2. The van der Waals surface area contributed by atoms with E-state index in [4.69, 9.17) is 4.74 Å². The maximum Gasteiger partial charge on any atom is 0.408 e. The zero-order valence-corrected chi connectivity index (χ0v) is 27.5. The molecule has 0 fully saturated rings. The lowest BCUT2D eigenvalue weighted by atomic mass is 9.95. The fourth-order valence-electron chi connectivity index (χ4n) is 5.18. The van der Waals surface area contributed by atoms with Crippen molar-refractivity contribution < 1.29 is 19.1 Å². The van der Waals surface area contributed by atoms with Gasteiger partial charge in [-0.15, -0.1) is 0 Å². The molecule has 0 spiro atoms. The van der Waals surface area contributed by atoms with Gasteiger partial charge >= 0.3 is 6.09 Å². The Morgan fingerprint density at radius 1 is 0.841 bits per heavy atom. The molecule has 3 aromatic carbocycles. The second-order valence-electron chi connectivity index (χ2n) is 13.1. The summed E-state index contributed by atoms with van der Waals surface area (Å²) < 4.78 is 5.58. The fourth-order valence-corrected chi connectivity index (χ4v) is 5.18. The van der Waals surface area contributed by atoms with Crippen molar-refractivity contribution in [3.8, 4) is 0 Å². The van der Waals surface area contributed by atoms with E-state index in [-0.39, 0.29) is 24.3 Å². The van der Waals surface area contributed by atoms with E-state index in [9.17, 15) is 14.4 Å². The molecule has 3 aromatic rings. The predicted molar refractivity (Wildman–Crippen MR) is 177 cm³/mol. The number of alkyl carbamates (subject to hydrolysis) is 1. The first-order valence-electron chi connectivity index (χ1n) is 15.5. The van der Waals surface area contributed by atoms with E-state index >= 15 is 0 Å². The molecule has 2 N–H and O–H groups in total. The molecular formula is C37H49N3O4. The summed E-state index contributed by atoms with van der Waals surface area (Å²) in [5.74, 6) is -0.250. The Kier molecular flexibility index (Phi) is 12.1. The standard InChI is InChI=1S/C37H49N3O4/c1-25(2)21-22-28(5)40(35(42)32(24-29-17-10-9-11-18-29)39-36(43)44-37(6,7)8)33(30-19-14-15-26(3)23-30)34(41)38-31-20-13-12-16-27(31)4/h9-20,23,25,28,32-33H,21-22,24H2,1-8H3,(H,38,41)(H,39,43). The van der Waals surface area contributed by atoms with E-state index < -0.39 is 23.8 Å². The van der Waals surface area contributed by atoms with Crippen molar-refractivity contribution in [2.45, 2.75) is 98.4 Å². The number of anilines is 1. The number of para-hydroxylation sites is 1. The van der Waals surface area contributed by atoms with Gasteiger partial charge < -0.3 is 20.3 Å². The van der Waals surface area contributed by atoms with Gasteiger partial charge in [0.25, 0.3) is 5.91 Å². The Bertz CT molecular complexity index is 1400. The van der Waals surface area contributed by atoms with Crippen LogP contribution in [0.1, 0.15) is 82.7 Å². The lowest BCUT2D eigenvalue weighted by molar-refractivity contribution is -0.143. The minimum Gasteiger partial charge on any atom is -0.444 e. The Balaban J connectivity index is 2.13. The van der Waals surface area contributed by atoms with Crippen molar-refractivity contribution in [2.75, 3.05) is 5.32 Å². The van der Waals surface area contributed by atoms with Crippen LogP contribution in [0.3, 0.4) is 0 Å². The molecule has 0 bridgehead atoms. The second kappa shape index (κ2) is 15.6. The largest absolute Gasteiger partial charge is 0.444 e. The average Bonchev–Trinajstić information content (AvgIpc) is 2.94. The average molecular weight is 600 g/mol. The lowest BCUT2D eigenvalue weighted by Gasteiger charge is -2.39. The van der Waals surface area contributed by atoms with Crippen molar-refractivity contribution in [2.24, 2.45) is 5.92 Å². The fraction of sp³-hybridized carbons (Fsp3) is 0.432. The van der Waals surface area contributed by atoms with Gasteiger partial charge in [-0.1, -0.05) is 92.2 Å². The summed E-state index contributed by atoms with van der Waals surface area (Å²) in [4.78, 5) is 43.9. The van der Waals surface area contributed by atoms with Crippen LogP contribution in [0.25, 0.3) is 0 Å². The molecular weight excluding hydrogens is 550 g/mol. The van der Waals surface area contributed by atoms with Gasteiger partial charge in [0, 0.05) is 18.2 Å². The highest BCUT2D eigenvalue weighted by Gasteiger charge is 2.39. The monoisotopic (exact) mass is 599 g/mol. The summed E-state index contributed by atoms with van der Waals surface area (Å²) in [7, 11) is 0. The van der Waals surface area contributed by atoms with Crippen LogP contribution in [0, 0.1) is 19.8 Å². The van der Waals surface area contributed by atoms with E-state index in [0.717, 1.165) is 23.1 Å². The number of hydrogen-bond acceptors (Lipinski definition) is 4. The maximum absolute atomic E-state index is 14.8. The molecule has 0 aliphatic rings. The number of ether oxygens (including phenoxy) is 1. The van der Waals surface area contributed by atoms with E-state index in [1.54, 1.807) is 25.7 Å². The molecule has 0 saturated carbocycles. The van der Waals surface area contributed by atoms with Crippen LogP contribution in [-0.4, -0.2) is 40.5 Å². The normalized spacial score (nSPS) is 13.5. The van der Waals surface area contributed by atoms with Crippen LogP contribution in [0.15, 0.2) is 78.9 Å². The van der Waals surface area contributed by atoms with Crippen molar-refractivity contribution in [1.82, 2.24) is 10.2 Å². The van der Waals surface area contributed by atoms with Crippen LogP contribution < -0.4 is 10.6 Å². The molecule has 0 aliphatic carbocycles. The van der Waals surface area contributed by atoms with Crippen molar-refractivity contribution in [3.05, 3.63) is 101 Å². The Morgan fingerprint density at radius 2 is 1.50 bits per heavy atom. The summed E-state index contributed by atoms with van der Waals surface area (Å²) in [6, 6.07) is 22.6. The Labute approximate surface area is 263 Å². The van der Waals surface area contributed by atoms with Crippen LogP contribution in [0.2, 0.25) is 0 Å². The van der Waals surface area contributed by atoms with E-state index in [1.165, 1.54) is 0 Å². The van der Waals surface area contributed by atoms with Gasteiger partial charge in [-0.2, -0.15) is 0 Å². The molecule has 3 atom stereocenters. The minimum atomic E-state index is -0.965. The predicted octanol–water partition coefficient (Wildman–Crippen LogP) is 7.77. The van der Waals surface area contributed by atoms with Crippen LogP contribution >= 0.6 is 0 Å². The molecule has 0 saturated heterocycles. The topological polar surface area (TPSA) is 87.7 Å². The summed E-state index contributed by atoms with van der Waals surface area (Å²) in [6.07, 6.45) is 1.12.